The number of pyridine rings is 1. The first-order valence-electron chi connectivity index (χ1n) is 4.05. The van der Waals surface area contributed by atoms with Gasteiger partial charge in [-0.25, -0.2) is 4.98 Å². The van der Waals surface area contributed by atoms with Gasteiger partial charge >= 0.3 is 0 Å². The molecule has 11 heavy (non-hydrogen) atoms. The van der Waals surface area contributed by atoms with Gasteiger partial charge in [-0.2, -0.15) is 0 Å². The Hall–Kier alpha value is -0.343. The molecule has 0 aliphatic rings. The van der Waals surface area contributed by atoms with Crippen molar-refractivity contribution in [3.63, 3.8) is 0 Å². The highest BCUT2D eigenvalue weighted by molar-refractivity contribution is 6.90. The average Bonchev–Trinajstić information content (AvgIpc) is 1.83. The molecule has 0 amide bonds. The van der Waals surface area contributed by atoms with Crippen molar-refractivity contribution in [3.05, 3.63) is 23.5 Å². The molecule has 0 aliphatic heterocycles. The van der Waals surface area contributed by atoms with Crippen LogP contribution in [0, 0.1) is 0 Å². The maximum atomic E-state index is 7.26. The Balaban J connectivity index is 3.19. The predicted octanol–water partition coefficient (Wildman–Crippen LogP) is 2.28. The third kappa shape index (κ3) is 2.04. The molecule has 0 N–H and O–H groups in total. The zero-order valence-electron chi connectivity index (χ0n) is 7.98. The zero-order valence-corrected chi connectivity index (χ0v) is 8.74. The first kappa shape index (κ1) is 7.31. The van der Waals surface area contributed by atoms with Crippen molar-refractivity contribution in [3.8, 4) is 0 Å². The molecule has 1 nitrogen and oxygen atoms in total. The first-order chi connectivity index (χ1) is 5.41. The lowest BCUT2D eigenvalue weighted by molar-refractivity contribution is 1.34. The summed E-state index contributed by atoms with van der Waals surface area (Å²) in [4.78, 5) is 3.91. The van der Waals surface area contributed by atoms with E-state index < -0.39 is 8.07 Å². The fraction of sp³-hybridized carbons (Fsp3) is 0.375. The topological polar surface area (TPSA) is 12.9 Å². The van der Waals surface area contributed by atoms with Crippen molar-refractivity contribution in [1.82, 2.24) is 4.98 Å². The molecule has 1 aromatic heterocycles. The standard InChI is InChI=1S/C8H12ClNSi/c1-11(2,3)7-5-4-6-10-8(7)9/h4-6H,1-3H3/i6D. The van der Waals surface area contributed by atoms with Crippen molar-refractivity contribution in [2.45, 2.75) is 19.6 Å². The second-order valence-electron chi connectivity index (χ2n) is 3.53. The van der Waals surface area contributed by atoms with Crippen LogP contribution in [0.25, 0.3) is 0 Å². The maximum absolute atomic E-state index is 7.26. The van der Waals surface area contributed by atoms with E-state index >= 15 is 0 Å². The molecule has 3 heteroatoms. The molecule has 0 aliphatic carbocycles. The Bertz CT molecular complexity index is 296. The van der Waals surface area contributed by atoms with Crippen LogP contribution in [0.15, 0.2) is 18.3 Å². The number of nitrogens with zero attached hydrogens (tertiary/aromatic N) is 1. The van der Waals surface area contributed by atoms with E-state index in [4.69, 9.17) is 13.0 Å². The summed E-state index contributed by atoms with van der Waals surface area (Å²) >= 11 is 5.92. The molecule has 0 fully saturated rings. The summed E-state index contributed by atoms with van der Waals surface area (Å²) in [6.07, 6.45) is 0.238. The third-order valence-electron chi connectivity index (χ3n) is 1.52. The molecule has 1 rings (SSSR count). The largest absolute Gasteiger partial charge is 0.245 e. The normalized spacial score (nSPS) is 12.9. The molecular formula is C8H12ClNSi. The van der Waals surface area contributed by atoms with Crippen LogP contribution in [0.1, 0.15) is 1.37 Å². The summed E-state index contributed by atoms with van der Waals surface area (Å²) in [5.41, 5.74) is 0. The number of rotatable bonds is 1. The maximum Gasteiger partial charge on any atom is 0.128 e. The van der Waals surface area contributed by atoms with Gasteiger partial charge in [-0.1, -0.05) is 37.3 Å². The van der Waals surface area contributed by atoms with E-state index in [1.54, 1.807) is 6.07 Å². The van der Waals surface area contributed by atoms with Crippen molar-refractivity contribution >= 4 is 24.9 Å². The van der Waals surface area contributed by atoms with Crippen LogP contribution >= 0.6 is 11.6 Å². The molecule has 1 heterocycles. The average molecular weight is 187 g/mol. The molecular weight excluding hydrogens is 174 g/mol. The molecule has 0 radical (unpaired) electrons. The highest BCUT2D eigenvalue weighted by Gasteiger charge is 2.19. The van der Waals surface area contributed by atoms with Gasteiger partial charge in [0.1, 0.15) is 5.15 Å². The van der Waals surface area contributed by atoms with E-state index in [0.717, 1.165) is 5.19 Å². The summed E-state index contributed by atoms with van der Waals surface area (Å²) in [6.45, 7) is 6.62. The van der Waals surface area contributed by atoms with Crippen molar-refractivity contribution in [1.29, 1.82) is 0 Å². The molecule has 0 saturated carbocycles. The fourth-order valence-corrected chi connectivity index (χ4v) is 3.12. The van der Waals surface area contributed by atoms with Gasteiger partial charge in [0.05, 0.1) is 9.44 Å². The van der Waals surface area contributed by atoms with Crippen LogP contribution in [-0.2, 0) is 0 Å². The number of hydrogen-bond acceptors (Lipinski definition) is 1. The Labute approximate surface area is 74.8 Å². The summed E-state index contributed by atoms with van der Waals surface area (Å²) in [5, 5.41) is 1.63. The highest BCUT2D eigenvalue weighted by Crippen LogP contribution is 2.08. The molecule has 0 aromatic carbocycles. The van der Waals surface area contributed by atoms with Gasteiger partial charge in [0.2, 0.25) is 0 Å². The second kappa shape index (κ2) is 2.95. The van der Waals surface area contributed by atoms with Crippen LogP contribution in [0.3, 0.4) is 0 Å². The highest BCUT2D eigenvalue weighted by atomic mass is 35.5. The summed E-state index contributed by atoms with van der Waals surface area (Å²) in [6, 6.07) is 3.61. The van der Waals surface area contributed by atoms with E-state index in [1.807, 2.05) is 6.07 Å². The molecule has 1 aromatic rings. The van der Waals surface area contributed by atoms with Gasteiger partial charge in [0.15, 0.2) is 0 Å². The third-order valence-corrected chi connectivity index (χ3v) is 3.98. The van der Waals surface area contributed by atoms with Crippen LogP contribution in [-0.4, -0.2) is 13.1 Å². The summed E-state index contributed by atoms with van der Waals surface area (Å²) in [5.74, 6) is 0. The molecule has 0 bridgehead atoms. The van der Waals surface area contributed by atoms with Crippen molar-refractivity contribution < 1.29 is 1.37 Å². The summed E-state index contributed by atoms with van der Waals surface area (Å²) < 4.78 is 7.26. The number of halogens is 1. The Morgan fingerprint density at radius 2 is 2.18 bits per heavy atom. The minimum atomic E-state index is -1.38. The van der Waals surface area contributed by atoms with Gasteiger partial charge in [-0.05, 0) is 11.3 Å². The fourth-order valence-electron chi connectivity index (χ4n) is 0.903. The van der Waals surface area contributed by atoms with Gasteiger partial charge in [-0.3, -0.25) is 0 Å². The van der Waals surface area contributed by atoms with Crippen molar-refractivity contribution in [2.24, 2.45) is 0 Å². The molecule has 0 unspecified atom stereocenters. The van der Waals surface area contributed by atoms with E-state index in [9.17, 15) is 0 Å². The molecule has 60 valence electrons. The lowest BCUT2D eigenvalue weighted by atomic mass is 10.5. The monoisotopic (exact) mass is 186 g/mol. The Morgan fingerprint density at radius 3 is 2.64 bits per heavy atom. The smallest absolute Gasteiger partial charge is 0.128 e. The second-order valence-corrected chi connectivity index (χ2v) is 8.93. The Kier molecular flexibility index (Phi) is 1.96. The van der Waals surface area contributed by atoms with Gasteiger partial charge in [0, 0.05) is 6.17 Å². The first-order valence-corrected chi connectivity index (χ1v) is 7.42. The predicted molar refractivity (Wildman–Crippen MR) is 52.2 cm³/mol. The molecule has 0 atom stereocenters. The lowest BCUT2D eigenvalue weighted by Crippen LogP contribution is -2.38. The van der Waals surface area contributed by atoms with E-state index in [2.05, 4.69) is 24.6 Å². The zero-order chi connectivity index (χ0) is 9.35. The van der Waals surface area contributed by atoms with Crippen molar-refractivity contribution in [2.75, 3.05) is 0 Å². The van der Waals surface area contributed by atoms with E-state index in [-0.39, 0.29) is 6.17 Å². The quantitative estimate of drug-likeness (QED) is 0.485. The van der Waals surface area contributed by atoms with Crippen LogP contribution in [0.2, 0.25) is 24.8 Å². The van der Waals surface area contributed by atoms with E-state index in [0.29, 0.717) is 5.15 Å². The summed E-state index contributed by atoms with van der Waals surface area (Å²) in [7, 11) is -1.38. The van der Waals surface area contributed by atoms with Crippen LogP contribution in [0.4, 0.5) is 0 Å². The van der Waals surface area contributed by atoms with Gasteiger partial charge in [-0.15, -0.1) is 0 Å². The van der Waals surface area contributed by atoms with Gasteiger partial charge in [0.25, 0.3) is 0 Å². The SMILES string of the molecule is [2H]c1ccc([Si](C)(C)C)c(Cl)n1. The number of hydrogen-bond donors (Lipinski definition) is 0. The molecule has 0 saturated heterocycles. The minimum Gasteiger partial charge on any atom is -0.245 e. The molecule has 0 spiro atoms. The van der Waals surface area contributed by atoms with E-state index in [1.165, 1.54) is 0 Å². The van der Waals surface area contributed by atoms with Crippen LogP contribution in [0.5, 0.6) is 0 Å². The van der Waals surface area contributed by atoms with Gasteiger partial charge < -0.3 is 0 Å². The Morgan fingerprint density at radius 1 is 1.55 bits per heavy atom. The van der Waals surface area contributed by atoms with Crippen LogP contribution < -0.4 is 5.19 Å². The minimum absolute atomic E-state index is 0.238. The lowest BCUT2D eigenvalue weighted by Gasteiger charge is -2.16. The number of aromatic nitrogens is 1.